The van der Waals surface area contributed by atoms with E-state index in [9.17, 15) is 9.59 Å². The van der Waals surface area contributed by atoms with Crippen LogP contribution in [0.3, 0.4) is 0 Å². The average Bonchev–Trinajstić information content (AvgIpc) is 3.18. The molecule has 1 aromatic carbocycles. The van der Waals surface area contributed by atoms with Gasteiger partial charge in [-0.25, -0.2) is 0 Å². The van der Waals surface area contributed by atoms with E-state index < -0.39 is 0 Å². The fourth-order valence-corrected chi connectivity index (χ4v) is 5.80. The number of ether oxygens (including phenoxy) is 1. The minimum Gasteiger partial charge on any atom is -0.492 e. The third-order valence-corrected chi connectivity index (χ3v) is 7.33. The van der Waals surface area contributed by atoms with Crippen molar-refractivity contribution < 1.29 is 14.3 Å². The molecule has 3 aliphatic rings. The van der Waals surface area contributed by atoms with Crippen molar-refractivity contribution in [1.29, 1.82) is 0 Å². The number of carbonyl (C=O) groups excluding carboxylic acids is 2. The zero-order valence-electron chi connectivity index (χ0n) is 16.0. The predicted octanol–water partition coefficient (Wildman–Crippen LogP) is 2.19. The van der Waals surface area contributed by atoms with Gasteiger partial charge in [-0.2, -0.15) is 0 Å². The third-order valence-electron chi connectivity index (χ3n) is 5.83. The summed E-state index contributed by atoms with van der Waals surface area (Å²) in [6.07, 6.45) is 1.41. The second-order valence-corrected chi connectivity index (χ2v) is 8.98. The number of benzene rings is 1. The van der Waals surface area contributed by atoms with E-state index in [0.29, 0.717) is 31.9 Å². The molecule has 3 fully saturated rings. The highest BCUT2D eigenvalue weighted by molar-refractivity contribution is 8.01. The molecule has 146 valence electrons. The van der Waals surface area contributed by atoms with Gasteiger partial charge in [-0.15, -0.1) is 11.8 Å². The van der Waals surface area contributed by atoms with Crippen molar-refractivity contribution in [2.24, 2.45) is 0 Å². The Bertz CT molecular complexity index is 735. The molecule has 0 bridgehead atoms. The minimum absolute atomic E-state index is 0.110. The van der Waals surface area contributed by atoms with Crippen LogP contribution in [0.25, 0.3) is 0 Å². The Kier molecular flexibility index (Phi) is 4.97. The fourth-order valence-electron chi connectivity index (χ4n) is 4.38. The van der Waals surface area contributed by atoms with Crippen LogP contribution in [0.5, 0.6) is 5.75 Å². The van der Waals surface area contributed by atoms with Crippen molar-refractivity contribution in [3.05, 3.63) is 24.3 Å². The number of nitrogens with zero attached hydrogens (tertiary/aromatic N) is 3. The van der Waals surface area contributed by atoms with Crippen LogP contribution in [0.1, 0.15) is 26.7 Å². The molecule has 3 aliphatic heterocycles. The van der Waals surface area contributed by atoms with Crippen molar-refractivity contribution in [3.8, 4) is 5.75 Å². The Morgan fingerprint density at radius 1 is 1.26 bits per heavy atom. The van der Waals surface area contributed by atoms with Gasteiger partial charge in [-0.1, -0.05) is 12.1 Å². The van der Waals surface area contributed by atoms with Gasteiger partial charge >= 0.3 is 0 Å². The number of hydrogen-bond acceptors (Lipinski definition) is 5. The smallest absolute Gasteiger partial charge is 0.246 e. The highest BCUT2D eigenvalue weighted by Gasteiger charge is 2.53. The lowest BCUT2D eigenvalue weighted by Gasteiger charge is -2.39. The van der Waals surface area contributed by atoms with Crippen molar-refractivity contribution in [2.45, 2.75) is 37.6 Å². The van der Waals surface area contributed by atoms with Gasteiger partial charge in [0.15, 0.2) is 0 Å². The topological polar surface area (TPSA) is 53.1 Å². The number of hydrogen-bond donors (Lipinski definition) is 0. The van der Waals surface area contributed by atoms with Crippen molar-refractivity contribution in [3.63, 3.8) is 0 Å². The Morgan fingerprint density at radius 2 is 2.00 bits per heavy atom. The monoisotopic (exact) mass is 389 g/mol. The van der Waals surface area contributed by atoms with E-state index in [4.69, 9.17) is 4.74 Å². The second kappa shape index (κ2) is 7.26. The molecule has 0 unspecified atom stereocenters. The second-order valence-electron chi connectivity index (χ2n) is 7.48. The van der Waals surface area contributed by atoms with Gasteiger partial charge in [0.2, 0.25) is 11.8 Å². The molecule has 6 nitrogen and oxygen atoms in total. The maximum atomic E-state index is 13.1. The first-order chi connectivity index (χ1) is 13.0. The van der Waals surface area contributed by atoms with Gasteiger partial charge in [0.25, 0.3) is 0 Å². The normalized spacial score (nSPS) is 27.9. The molecule has 3 saturated heterocycles. The van der Waals surface area contributed by atoms with Gasteiger partial charge in [0.05, 0.1) is 17.2 Å². The lowest BCUT2D eigenvalue weighted by atomic mass is 10.1. The van der Waals surface area contributed by atoms with Crippen LogP contribution in [0.2, 0.25) is 0 Å². The molecule has 7 heteroatoms. The summed E-state index contributed by atoms with van der Waals surface area (Å²) in [5, 5.41) is 0. The minimum atomic E-state index is -0.294. The number of anilines is 1. The van der Waals surface area contributed by atoms with Crippen LogP contribution in [0.4, 0.5) is 5.69 Å². The molecule has 2 atom stereocenters. The first-order valence-corrected chi connectivity index (χ1v) is 10.7. The largest absolute Gasteiger partial charge is 0.492 e. The number of fused-ring (bicyclic) bond motifs is 1. The first-order valence-electron chi connectivity index (χ1n) is 9.75. The molecule has 27 heavy (non-hydrogen) atoms. The summed E-state index contributed by atoms with van der Waals surface area (Å²) < 4.78 is 5.75. The fraction of sp³-hybridized carbons (Fsp3) is 0.600. The molecule has 0 saturated carbocycles. The van der Waals surface area contributed by atoms with Gasteiger partial charge < -0.3 is 19.4 Å². The van der Waals surface area contributed by atoms with Crippen LogP contribution in [-0.2, 0) is 9.59 Å². The predicted molar refractivity (Wildman–Crippen MR) is 107 cm³/mol. The molecule has 0 N–H and O–H groups in total. The third kappa shape index (κ3) is 3.26. The van der Waals surface area contributed by atoms with Crippen LogP contribution in [0.15, 0.2) is 24.3 Å². The molecular weight excluding hydrogens is 362 g/mol. The quantitative estimate of drug-likeness (QED) is 0.790. The Labute approximate surface area is 164 Å². The molecule has 0 aliphatic carbocycles. The highest BCUT2D eigenvalue weighted by atomic mass is 32.2. The number of amides is 2. The molecule has 0 aromatic heterocycles. The van der Waals surface area contributed by atoms with Crippen molar-refractivity contribution in [2.75, 3.05) is 43.4 Å². The summed E-state index contributed by atoms with van der Waals surface area (Å²) in [6.45, 7) is 7.64. The van der Waals surface area contributed by atoms with Crippen LogP contribution >= 0.6 is 11.8 Å². The summed E-state index contributed by atoms with van der Waals surface area (Å²) >= 11 is 1.75. The molecule has 1 aromatic rings. The molecule has 3 heterocycles. The zero-order valence-corrected chi connectivity index (χ0v) is 16.8. The van der Waals surface area contributed by atoms with Gasteiger partial charge in [0.1, 0.15) is 11.8 Å². The van der Waals surface area contributed by atoms with Gasteiger partial charge in [0, 0.05) is 38.4 Å². The van der Waals surface area contributed by atoms with E-state index in [1.807, 2.05) is 34.9 Å². The number of rotatable bonds is 4. The molecular formula is C20H27N3O3S. The molecule has 2 amide bonds. The van der Waals surface area contributed by atoms with E-state index in [2.05, 4.69) is 17.9 Å². The van der Waals surface area contributed by atoms with E-state index in [1.165, 1.54) is 0 Å². The average molecular weight is 390 g/mol. The molecule has 0 spiro atoms. The number of piperazine rings is 1. The summed E-state index contributed by atoms with van der Waals surface area (Å²) in [7, 11) is 0. The SMILES string of the molecule is CCOc1ccccc1N1CCN(C(=O)[C@H]2CS[C@@]3(C)CCC(=O)N23)CC1. The summed E-state index contributed by atoms with van der Waals surface area (Å²) in [5.74, 6) is 1.85. The maximum Gasteiger partial charge on any atom is 0.246 e. The Hall–Kier alpha value is -1.89. The van der Waals surface area contributed by atoms with E-state index in [0.717, 1.165) is 30.9 Å². The van der Waals surface area contributed by atoms with E-state index in [1.54, 1.807) is 11.8 Å². The van der Waals surface area contributed by atoms with Crippen LogP contribution < -0.4 is 9.64 Å². The summed E-state index contributed by atoms with van der Waals surface area (Å²) in [6, 6.07) is 7.77. The Morgan fingerprint density at radius 3 is 2.74 bits per heavy atom. The van der Waals surface area contributed by atoms with Gasteiger partial charge in [-0.05, 0) is 32.4 Å². The number of para-hydroxylation sites is 2. The molecule has 4 rings (SSSR count). The van der Waals surface area contributed by atoms with Crippen LogP contribution in [0, 0.1) is 0 Å². The molecule has 0 radical (unpaired) electrons. The lowest BCUT2D eigenvalue weighted by Crippen LogP contribution is -2.56. The number of carbonyl (C=O) groups is 2. The highest BCUT2D eigenvalue weighted by Crippen LogP contribution is 2.47. The first kappa shape index (κ1) is 18.5. The number of thioether (sulfide) groups is 1. The maximum absolute atomic E-state index is 13.1. The lowest BCUT2D eigenvalue weighted by molar-refractivity contribution is -0.143. The summed E-state index contributed by atoms with van der Waals surface area (Å²) in [5.41, 5.74) is 1.09. The van der Waals surface area contributed by atoms with Crippen molar-refractivity contribution in [1.82, 2.24) is 9.80 Å². The zero-order chi connectivity index (χ0) is 19.0. The van der Waals surface area contributed by atoms with E-state index >= 15 is 0 Å². The van der Waals surface area contributed by atoms with Crippen molar-refractivity contribution >= 4 is 29.3 Å². The Balaban J connectivity index is 1.41. The summed E-state index contributed by atoms with van der Waals surface area (Å²) in [4.78, 5) is 31.3. The standard InChI is InChI=1S/C20H27N3O3S/c1-3-26-17-7-5-4-6-15(17)21-10-12-22(13-11-21)19(25)16-14-27-20(2)9-8-18(24)23(16)20/h4-7,16H,3,8-14H2,1-2H3/t16-,20+/m1/s1. The van der Waals surface area contributed by atoms with Crippen LogP contribution in [-0.4, -0.2) is 71.1 Å². The van der Waals surface area contributed by atoms with Gasteiger partial charge in [-0.3, -0.25) is 9.59 Å². The van der Waals surface area contributed by atoms with E-state index in [-0.39, 0.29) is 22.7 Å².